The maximum Gasteiger partial charge on any atom is 0.274 e. The average Bonchev–Trinajstić information content (AvgIpc) is 3.42. The third-order valence-electron chi connectivity index (χ3n) is 5.47. The van der Waals surface area contributed by atoms with Gasteiger partial charge in [0.25, 0.3) is 11.8 Å². The summed E-state index contributed by atoms with van der Waals surface area (Å²) in [4.78, 5) is 28.2. The number of aromatic nitrogens is 2. The van der Waals surface area contributed by atoms with Gasteiger partial charge in [0.2, 0.25) is 0 Å². The molecule has 1 saturated heterocycles. The lowest BCUT2D eigenvalue weighted by atomic mass is 10.0. The molecule has 29 heavy (non-hydrogen) atoms. The van der Waals surface area contributed by atoms with Gasteiger partial charge in [-0.05, 0) is 67.5 Å². The molecule has 2 aromatic heterocycles. The van der Waals surface area contributed by atoms with Gasteiger partial charge >= 0.3 is 0 Å². The molecule has 0 spiro atoms. The summed E-state index contributed by atoms with van der Waals surface area (Å²) in [5.41, 5.74) is 4.27. The first-order valence-corrected chi connectivity index (χ1v) is 10.7. The largest absolute Gasteiger partial charge is 0.349 e. The van der Waals surface area contributed by atoms with Crippen molar-refractivity contribution < 1.29 is 9.59 Å². The van der Waals surface area contributed by atoms with E-state index in [0.717, 1.165) is 29.0 Å². The molecule has 0 saturated carbocycles. The van der Waals surface area contributed by atoms with Gasteiger partial charge in [0.1, 0.15) is 0 Å². The second-order valence-corrected chi connectivity index (χ2v) is 8.43. The molecule has 4 rings (SSSR count). The van der Waals surface area contributed by atoms with Crippen molar-refractivity contribution in [1.82, 2.24) is 20.4 Å². The molecule has 0 radical (unpaired) electrons. The molecular weight excluding hydrogens is 384 g/mol. The fourth-order valence-corrected chi connectivity index (χ4v) is 4.22. The first-order valence-electron chi connectivity index (χ1n) is 9.78. The highest BCUT2D eigenvalue weighted by molar-refractivity contribution is 7.13. The molecule has 7 heteroatoms. The van der Waals surface area contributed by atoms with E-state index in [-0.39, 0.29) is 17.9 Å². The van der Waals surface area contributed by atoms with Gasteiger partial charge in [0.15, 0.2) is 5.69 Å². The molecule has 150 valence electrons. The number of rotatable bonds is 4. The Balaban J connectivity index is 1.32. The van der Waals surface area contributed by atoms with Crippen LogP contribution in [0.15, 0.2) is 41.8 Å². The first-order chi connectivity index (χ1) is 14.0. The van der Waals surface area contributed by atoms with E-state index in [0.29, 0.717) is 24.3 Å². The van der Waals surface area contributed by atoms with E-state index < -0.39 is 0 Å². The molecule has 1 aliphatic heterocycles. The number of amides is 2. The van der Waals surface area contributed by atoms with Crippen LogP contribution in [0.3, 0.4) is 0 Å². The Morgan fingerprint density at radius 1 is 1.14 bits per heavy atom. The highest BCUT2D eigenvalue weighted by Gasteiger charge is 2.26. The quantitative estimate of drug-likeness (QED) is 0.689. The SMILES string of the molecule is Cc1ccc(C(=O)NC2CCN(C(=O)c3cc(-c4cccs4)[nH]n3)CC2)cc1C. The van der Waals surface area contributed by atoms with E-state index >= 15 is 0 Å². The summed E-state index contributed by atoms with van der Waals surface area (Å²) in [5.74, 6) is -0.117. The van der Waals surface area contributed by atoms with Crippen molar-refractivity contribution in [3.05, 3.63) is 64.2 Å². The Hall–Kier alpha value is -2.93. The number of hydrogen-bond acceptors (Lipinski definition) is 4. The minimum Gasteiger partial charge on any atom is -0.349 e. The molecule has 3 aromatic rings. The van der Waals surface area contributed by atoms with Crippen LogP contribution in [0.2, 0.25) is 0 Å². The van der Waals surface area contributed by atoms with Gasteiger partial charge in [-0.2, -0.15) is 5.10 Å². The summed E-state index contributed by atoms with van der Waals surface area (Å²) in [6.07, 6.45) is 1.48. The zero-order chi connectivity index (χ0) is 20.4. The number of carbonyl (C=O) groups is 2. The van der Waals surface area contributed by atoms with E-state index in [4.69, 9.17) is 0 Å². The van der Waals surface area contributed by atoms with Crippen LogP contribution >= 0.6 is 11.3 Å². The number of likely N-dealkylation sites (tertiary alicyclic amines) is 1. The number of thiophene rings is 1. The number of carbonyl (C=O) groups excluding carboxylic acids is 2. The Morgan fingerprint density at radius 3 is 2.62 bits per heavy atom. The van der Waals surface area contributed by atoms with Gasteiger partial charge in [-0.1, -0.05) is 12.1 Å². The van der Waals surface area contributed by atoms with Gasteiger partial charge in [-0.15, -0.1) is 11.3 Å². The van der Waals surface area contributed by atoms with Gasteiger partial charge < -0.3 is 10.2 Å². The molecule has 0 unspecified atom stereocenters. The van der Waals surface area contributed by atoms with Crippen LogP contribution in [0.4, 0.5) is 0 Å². The molecule has 1 fully saturated rings. The Labute approximate surface area is 173 Å². The average molecular weight is 409 g/mol. The standard InChI is InChI=1S/C22H24N4O2S/c1-14-5-6-16(12-15(14)2)21(27)23-17-7-9-26(10-8-17)22(28)19-13-18(24-25-19)20-4-3-11-29-20/h3-6,11-13,17H,7-10H2,1-2H3,(H,23,27)(H,24,25). The van der Waals surface area contributed by atoms with Crippen molar-refractivity contribution in [3.8, 4) is 10.6 Å². The van der Waals surface area contributed by atoms with Crippen molar-refractivity contribution in [2.45, 2.75) is 32.7 Å². The van der Waals surface area contributed by atoms with Gasteiger partial charge in [0.05, 0.1) is 10.6 Å². The summed E-state index contributed by atoms with van der Waals surface area (Å²) in [6.45, 7) is 5.26. The van der Waals surface area contributed by atoms with Gasteiger partial charge in [-0.3, -0.25) is 14.7 Å². The third-order valence-corrected chi connectivity index (χ3v) is 6.37. The molecule has 0 aliphatic carbocycles. The smallest absolute Gasteiger partial charge is 0.274 e. The van der Waals surface area contributed by atoms with Crippen LogP contribution in [-0.4, -0.2) is 46.0 Å². The van der Waals surface area contributed by atoms with Crippen molar-refractivity contribution in [1.29, 1.82) is 0 Å². The van der Waals surface area contributed by atoms with Crippen LogP contribution in [-0.2, 0) is 0 Å². The lowest BCUT2D eigenvalue weighted by Gasteiger charge is -2.32. The fraction of sp³-hybridized carbons (Fsp3) is 0.318. The minimum atomic E-state index is -0.0667. The predicted molar refractivity (Wildman–Crippen MR) is 114 cm³/mol. The third kappa shape index (κ3) is 4.24. The molecular formula is C22H24N4O2S. The fourth-order valence-electron chi connectivity index (χ4n) is 3.53. The van der Waals surface area contributed by atoms with Crippen molar-refractivity contribution >= 4 is 23.2 Å². The molecule has 3 heterocycles. The zero-order valence-corrected chi connectivity index (χ0v) is 17.4. The number of hydrogen-bond donors (Lipinski definition) is 2. The number of piperidine rings is 1. The Kier molecular flexibility index (Phi) is 5.49. The maximum absolute atomic E-state index is 12.8. The number of aromatic amines is 1. The number of nitrogens with zero attached hydrogens (tertiary/aromatic N) is 2. The number of H-pyrrole nitrogens is 1. The molecule has 0 bridgehead atoms. The molecule has 2 amide bonds. The Bertz CT molecular complexity index is 1020. The normalized spacial score (nSPS) is 14.8. The monoisotopic (exact) mass is 408 g/mol. The minimum absolute atomic E-state index is 0.0502. The van der Waals surface area contributed by atoms with Crippen LogP contribution < -0.4 is 5.32 Å². The first kappa shape index (κ1) is 19.4. The van der Waals surface area contributed by atoms with E-state index in [1.807, 2.05) is 60.5 Å². The van der Waals surface area contributed by atoms with E-state index in [1.54, 1.807) is 11.3 Å². The molecule has 2 N–H and O–H groups in total. The topological polar surface area (TPSA) is 78.1 Å². The van der Waals surface area contributed by atoms with Crippen molar-refractivity contribution in [3.63, 3.8) is 0 Å². The van der Waals surface area contributed by atoms with Crippen LogP contribution in [0.1, 0.15) is 44.8 Å². The number of benzene rings is 1. The molecule has 1 aliphatic rings. The lowest BCUT2D eigenvalue weighted by molar-refractivity contribution is 0.0692. The second-order valence-electron chi connectivity index (χ2n) is 7.48. The second kappa shape index (κ2) is 8.21. The summed E-state index contributed by atoms with van der Waals surface area (Å²) in [6, 6.07) is 11.6. The summed E-state index contributed by atoms with van der Waals surface area (Å²) >= 11 is 1.61. The summed E-state index contributed by atoms with van der Waals surface area (Å²) in [5, 5.41) is 12.2. The van der Waals surface area contributed by atoms with Crippen LogP contribution in [0, 0.1) is 13.8 Å². The lowest BCUT2D eigenvalue weighted by Crippen LogP contribution is -2.46. The van der Waals surface area contributed by atoms with E-state index in [2.05, 4.69) is 15.5 Å². The summed E-state index contributed by atoms with van der Waals surface area (Å²) < 4.78 is 0. The van der Waals surface area contributed by atoms with Crippen molar-refractivity contribution in [2.24, 2.45) is 0 Å². The molecule has 0 atom stereocenters. The van der Waals surface area contributed by atoms with Crippen LogP contribution in [0.25, 0.3) is 10.6 Å². The van der Waals surface area contributed by atoms with E-state index in [9.17, 15) is 9.59 Å². The molecule has 6 nitrogen and oxygen atoms in total. The molecule has 1 aromatic carbocycles. The van der Waals surface area contributed by atoms with Gasteiger partial charge in [0, 0.05) is 24.7 Å². The highest BCUT2D eigenvalue weighted by Crippen LogP contribution is 2.24. The van der Waals surface area contributed by atoms with Gasteiger partial charge in [-0.25, -0.2) is 0 Å². The zero-order valence-electron chi connectivity index (χ0n) is 16.6. The van der Waals surface area contributed by atoms with Crippen molar-refractivity contribution in [2.75, 3.05) is 13.1 Å². The summed E-state index contributed by atoms with van der Waals surface area (Å²) in [7, 11) is 0. The number of aryl methyl sites for hydroxylation is 2. The highest BCUT2D eigenvalue weighted by atomic mass is 32.1. The maximum atomic E-state index is 12.8. The predicted octanol–water partition coefficient (Wildman–Crippen LogP) is 3.79. The van der Waals surface area contributed by atoms with E-state index in [1.165, 1.54) is 5.56 Å². The Morgan fingerprint density at radius 2 is 1.93 bits per heavy atom. The number of nitrogens with one attached hydrogen (secondary N) is 2. The van der Waals surface area contributed by atoms with Crippen LogP contribution in [0.5, 0.6) is 0 Å².